The largest absolute Gasteiger partial charge is 0.382 e. The minimum absolute atomic E-state index is 0.110. The van der Waals surface area contributed by atoms with E-state index in [2.05, 4.69) is 9.97 Å². The molecule has 2 fully saturated rings. The number of nitrogens with two attached hydrogens (primary N) is 1. The predicted octanol–water partition coefficient (Wildman–Crippen LogP) is 3.08. The number of hydrogen-bond acceptors (Lipinski definition) is 6. The molecule has 0 radical (unpaired) electrons. The molecule has 1 saturated heterocycles. The Kier molecular flexibility index (Phi) is 6.02. The van der Waals surface area contributed by atoms with Crippen LogP contribution >= 0.6 is 0 Å². The van der Waals surface area contributed by atoms with E-state index in [-0.39, 0.29) is 41.2 Å². The topological polar surface area (TPSA) is 109 Å². The van der Waals surface area contributed by atoms with Crippen molar-refractivity contribution in [2.75, 3.05) is 31.9 Å². The molecule has 0 atom stereocenters. The minimum atomic E-state index is -3.85. The number of hydrogen-bond donors (Lipinski definition) is 1. The van der Waals surface area contributed by atoms with Crippen LogP contribution in [0.4, 0.5) is 10.2 Å². The van der Waals surface area contributed by atoms with Crippen LogP contribution in [0.2, 0.25) is 0 Å². The monoisotopic (exact) mass is 495 g/mol. The molecule has 10 heteroatoms. The molecule has 2 heterocycles. The van der Waals surface area contributed by atoms with Gasteiger partial charge in [-0.2, -0.15) is 4.31 Å². The van der Waals surface area contributed by atoms with Crippen molar-refractivity contribution in [3.63, 3.8) is 0 Å². The van der Waals surface area contributed by atoms with Crippen molar-refractivity contribution in [2.24, 2.45) is 5.92 Å². The first-order valence-corrected chi connectivity index (χ1v) is 13.0. The highest BCUT2D eigenvalue weighted by atomic mass is 32.2. The number of benzene rings is 2. The van der Waals surface area contributed by atoms with E-state index < -0.39 is 15.8 Å². The Balaban J connectivity index is 1.45. The smallest absolute Gasteiger partial charge is 0.243 e. The van der Waals surface area contributed by atoms with Gasteiger partial charge in [0.15, 0.2) is 0 Å². The van der Waals surface area contributed by atoms with Crippen LogP contribution < -0.4 is 5.73 Å². The molecule has 35 heavy (non-hydrogen) atoms. The van der Waals surface area contributed by atoms with Crippen LogP contribution in [0.1, 0.15) is 18.4 Å². The molecule has 2 aliphatic rings. The van der Waals surface area contributed by atoms with Crippen molar-refractivity contribution in [2.45, 2.75) is 24.7 Å². The van der Waals surface area contributed by atoms with Crippen LogP contribution in [0.15, 0.2) is 53.7 Å². The zero-order valence-electron chi connectivity index (χ0n) is 19.3. The zero-order valence-corrected chi connectivity index (χ0v) is 20.1. The first-order chi connectivity index (χ1) is 16.8. The second-order valence-corrected chi connectivity index (χ2v) is 10.9. The van der Waals surface area contributed by atoms with Gasteiger partial charge in [-0.15, -0.1) is 0 Å². The van der Waals surface area contributed by atoms with Crippen LogP contribution in [0.5, 0.6) is 0 Å². The Morgan fingerprint density at radius 2 is 1.77 bits per heavy atom. The van der Waals surface area contributed by atoms with Gasteiger partial charge in [-0.25, -0.2) is 17.8 Å². The molecule has 1 aromatic heterocycles. The number of carbonyl (C=O) groups excluding carboxylic acids is 1. The molecular formula is C25H26FN5O3S. The molecule has 0 spiro atoms. The standard InChI is InChI=1S/C25H26FN5O3S/c1-16-12-18(13-20(26)24(16)21-14-29-23(27)15-28-21)19-4-2-3-5-22(19)35(33,34)31-10-8-30(9-11-31)25(32)17-6-7-17/h2-5,12-15,17H,6-11H2,1H3,(H2,27,29). The number of nitrogen functional groups attached to an aromatic ring is 1. The number of aryl methyl sites for hydroxylation is 1. The molecule has 1 amide bonds. The summed E-state index contributed by atoms with van der Waals surface area (Å²) in [6.07, 6.45) is 4.61. The van der Waals surface area contributed by atoms with Gasteiger partial charge in [0.2, 0.25) is 15.9 Å². The summed E-state index contributed by atoms with van der Waals surface area (Å²) in [6.45, 7) is 2.96. The molecule has 2 N–H and O–H groups in total. The van der Waals surface area contributed by atoms with Crippen molar-refractivity contribution >= 4 is 21.7 Å². The first kappa shape index (κ1) is 23.4. The van der Waals surface area contributed by atoms with Crippen LogP contribution in [0, 0.1) is 18.7 Å². The van der Waals surface area contributed by atoms with E-state index in [1.165, 1.54) is 22.8 Å². The molecule has 182 valence electrons. The molecule has 1 saturated carbocycles. The number of anilines is 1. The van der Waals surface area contributed by atoms with Crippen molar-refractivity contribution in [1.29, 1.82) is 0 Å². The lowest BCUT2D eigenvalue weighted by Crippen LogP contribution is -2.50. The van der Waals surface area contributed by atoms with Crippen molar-refractivity contribution < 1.29 is 17.6 Å². The van der Waals surface area contributed by atoms with Crippen LogP contribution in [0.25, 0.3) is 22.4 Å². The summed E-state index contributed by atoms with van der Waals surface area (Å²) in [6, 6.07) is 9.67. The van der Waals surface area contributed by atoms with E-state index in [1.54, 1.807) is 42.2 Å². The lowest BCUT2D eigenvalue weighted by atomic mass is 9.97. The maximum Gasteiger partial charge on any atom is 0.243 e. The summed E-state index contributed by atoms with van der Waals surface area (Å²) in [5.41, 5.74) is 7.69. The minimum Gasteiger partial charge on any atom is -0.382 e. The normalized spacial score (nSPS) is 16.9. The SMILES string of the molecule is Cc1cc(-c2ccccc2S(=O)(=O)N2CCN(C(=O)C3CC3)CC2)cc(F)c1-c1cnc(N)cn1. The fraction of sp³-hybridized carbons (Fsp3) is 0.320. The summed E-state index contributed by atoms with van der Waals surface area (Å²) >= 11 is 0. The van der Waals surface area contributed by atoms with Gasteiger partial charge in [0.25, 0.3) is 0 Å². The Bertz CT molecular complexity index is 1360. The third-order valence-electron chi connectivity index (χ3n) is 6.51. The number of nitrogens with zero attached hydrogens (tertiary/aromatic N) is 4. The second-order valence-electron chi connectivity index (χ2n) is 8.98. The molecule has 3 aromatic rings. The van der Waals surface area contributed by atoms with Crippen LogP contribution in [-0.4, -0.2) is 59.7 Å². The number of piperazine rings is 1. The third kappa shape index (κ3) is 4.51. The van der Waals surface area contributed by atoms with Gasteiger partial charge in [0.1, 0.15) is 11.6 Å². The van der Waals surface area contributed by atoms with E-state index in [0.29, 0.717) is 35.5 Å². The summed E-state index contributed by atoms with van der Waals surface area (Å²) in [5.74, 6) is -0.0581. The van der Waals surface area contributed by atoms with Gasteiger partial charge in [-0.05, 0) is 43.0 Å². The maximum atomic E-state index is 15.3. The molecule has 8 nitrogen and oxygen atoms in total. The predicted molar refractivity (Wildman–Crippen MR) is 130 cm³/mol. The Morgan fingerprint density at radius 3 is 2.40 bits per heavy atom. The van der Waals surface area contributed by atoms with Crippen molar-refractivity contribution in [3.05, 3.63) is 60.2 Å². The number of sulfonamides is 1. The van der Waals surface area contributed by atoms with E-state index in [1.807, 2.05) is 0 Å². The van der Waals surface area contributed by atoms with E-state index >= 15 is 4.39 Å². The highest BCUT2D eigenvalue weighted by molar-refractivity contribution is 7.89. The van der Waals surface area contributed by atoms with Gasteiger partial charge >= 0.3 is 0 Å². The molecular weight excluding hydrogens is 469 g/mol. The highest BCUT2D eigenvalue weighted by Crippen LogP contribution is 2.35. The van der Waals surface area contributed by atoms with Gasteiger partial charge in [-0.3, -0.25) is 9.78 Å². The van der Waals surface area contributed by atoms with E-state index in [4.69, 9.17) is 5.73 Å². The third-order valence-corrected chi connectivity index (χ3v) is 8.46. The second kappa shape index (κ2) is 9.01. The summed E-state index contributed by atoms with van der Waals surface area (Å²) in [4.78, 5) is 22.4. The lowest BCUT2D eigenvalue weighted by Gasteiger charge is -2.34. The van der Waals surface area contributed by atoms with Gasteiger partial charge in [-0.1, -0.05) is 24.3 Å². The summed E-state index contributed by atoms with van der Waals surface area (Å²) < 4.78 is 43.9. The van der Waals surface area contributed by atoms with Crippen molar-refractivity contribution in [1.82, 2.24) is 19.2 Å². The average Bonchev–Trinajstić information content (AvgIpc) is 3.70. The molecule has 5 rings (SSSR count). The van der Waals surface area contributed by atoms with Gasteiger partial charge < -0.3 is 10.6 Å². The summed E-state index contributed by atoms with van der Waals surface area (Å²) in [5, 5.41) is 0. The number of aromatic nitrogens is 2. The van der Waals surface area contributed by atoms with E-state index in [9.17, 15) is 13.2 Å². The Hall–Kier alpha value is -3.37. The highest BCUT2D eigenvalue weighted by Gasteiger charge is 2.37. The molecule has 0 bridgehead atoms. The molecule has 0 unspecified atom stereocenters. The fourth-order valence-corrected chi connectivity index (χ4v) is 6.13. The Morgan fingerprint density at radius 1 is 1.06 bits per heavy atom. The summed E-state index contributed by atoms with van der Waals surface area (Å²) in [7, 11) is -3.85. The fourth-order valence-electron chi connectivity index (χ4n) is 4.50. The molecule has 2 aromatic carbocycles. The number of rotatable bonds is 5. The van der Waals surface area contributed by atoms with Gasteiger partial charge in [0.05, 0.1) is 23.0 Å². The Labute approximate surface area is 203 Å². The van der Waals surface area contributed by atoms with E-state index in [0.717, 1.165) is 12.8 Å². The van der Waals surface area contributed by atoms with Crippen LogP contribution in [0.3, 0.4) is 0 Å². The number of amides is 1. The number of carbonyl (C=O) groups is 1. The molecule has 1 aliphatic heterocycles. The first-order valence-electron chi connectivity index (χ1n) is 11.5. The van der Waals surface area contributed by atoms with Gasteiger partial charge in [0, 0.05) is 43.2 Å². The van der Waals surface area contributed by atoms with Crippen LogP contribution in [-0.2, 0) is 14.8 Å². The average molecular weight is 496 g/mol. The quantitative estimate of drug-likeness (QED) is 0.583. The molecule has 1 aliphatic carbocycles. The maximum absolute atomic E-state index is 15.3. The number of halogens is 1. The zero-order chi connectivity index (χ0) is 24.7. The van der Waals surface area contributed by atoms with Crippen molar-refractivity contribution in [3.8, 4) is 22.4 Å². The lowest BCUT2D eigenvalue weighted by molar-refractivity contribution is -0.133.